The Labute approximate surface area is 125 Å². The standard InChI is InChI=1S/C14H17F2NO3S/c1-17-7-2-3-8(17)5-9(4-7)20-10-6-11(13(15)16)21-12(10)14(18)19/h6-9,13H,2-5H2,1H3,(H,18,19). The summed E-state index contributed by atoms with van der Waals surface area (Å²) < 4.78 is 31.3. The number of hydrogen-bond acceptors (Lipinski definition) is 4. The first-order chi connectivity index (χ1) is 9.95. The van der Waals surface area contributed by atoms with E-state index in [9.17, 15) is 13.6 Å². The third kappa shape index (κ3) is 2.76. The van der Waals surface area contributed by atoms with Gasteiger partial charge < -0.3 is 14.7 Å². The summed E-state index contributed by atoms with van der Waals surface area (Å²) in [6.45, 7) is 0. The summed E-state index contributed by atoms with van der Waals surface area (Å²) in [5.41, 5.74) is 0. The molecule has 2 unspecified atom stereocenters. The van der Waals surface area contributed by atoms with Crippen LogP contribution in [0.1, 0.15) is 46.7 Å². The summed E-state index contributed by atoms with van der Waals surface area (Å²) in [7, 11) is 2.10. The second kappa shape index (κ2) is 5.53. The lowest BCUT2D eigenvalue weighted by atomic mass is 10.0. The van der Waals surface area contributed by atoms with Gasteiger partial charge in [-0.2, -0.15) is 0 Å². The van der Waals surface area contributed by atoms with Gasteiger partial charge in [0.1, 0.15) is 11.9 Å². The molecule has 2 atom stereocenters. The summed E-state index contributed by atoms with van der Waals surface area (Å²) in [5.74, 6) is -1.12. The van der Waals surface area contributed by atoms with Gasteiger partial charge in [0, 0.05) is 18.2 Å². The van der Waals surface area contributed by atoms with Crippen LogP contribution in [0.2, 0.25) is 0 Å². The maximum atomic E-state index is 12.7. The van der Waals surface area contributed by atoms with Gasteiger partial charge in [-0.05, 0) is 32.7 Å². The smallest absolute Gasteiger partial charge is 0.349 e. The van der Waals surface area contributed by atoms with E-state index < -0.39 is 12.4 Å². The van der Waals surface area contributed by atoms with Gasteiger partial charge in [-0.15, -0.1) is 11.3 Å². The zero-order valence-electron chi connectivity index (χ0n) is 11.6. The van der Waals surface area contributed by atoms with Crippen LogP contribution in [0.4, 0.5) is 8.78 Å². The minimum atomic E-state index is -2.67. The maximum Gasteiger partial charge on any atom is 0.349 e. The first kappa shape index (κ1) is 14.7. The number of thiophene rings is 1. The average Bonchev–Trinajstić information content (AvgIpc) is 2.89. The monoisotopic (exact) mass is 317 g/mol. The number of fused-ring (bicyclic) bond motifs is 2. The molecule has 2 fully saturated rings. The highest BCUT2D eigenvalue weighted by atomic mass is 32.1. The molecule has 0 spiro atoms. The molecule has 2 aliphatic rings. The number of alkyl halides is 2. The van der Waals surface area contributed by atoms with Gasteiger partial charge in [0.15, 0.2) is 4.88 Å². The van der Waals surface area contributed by atoms with Crippen molar-refractivity contribution in [3.63, 3.8) is 0 Å². The van der Waals surface area contributed by atoms with Crippen LogP contribution < -0.4 is 4.74 Å². The average molecular weight is 317 g/mol. The third-order valence-corrected chi connectivity index (χ3v) is 5.59. The number of carbonyl (C=O) groups is 1. The minimum absolute atomic E-state index is 0.0862. The summed E-state index contributed by atoms with van der Waals surface area (Å²) in [6.07, 6.45) is 1.14. The summed E-state index contributed by atoms with van der Waals surface area (Å²) in [4.78, 5) is 13.1. The number of carboxylic acid groups (broad SMARTS) is 1. The van der Waals surface area contributed by atoms with E-state index in [1.165, 1.54) is 6.07 Å². The van der Waals surface area contributed by atoms with Gasteiger partial charge in [-0.3, -0.25) is 0 Å². The van der Waals surface area contributed by atoms with Crippen LogP contribution in [0.5, 0.6) is 5.75 Å². The number of halogens is 2. The molecule has 7 heteroatoms. The van der Waals surface area contributed by atoms with Crippen molar-refractivity contribution in [3.05, 3.63) is 15.8 Å². The van der Waals surface area contributed by atoms with Crippen molar-refractivity contribution in [1.82, 2.24) is 4.90 Å². The van der Waals surface area contributed by atoms with E-state index in [-0.39, 0.29) is 21.6 Å². The van der Waals surface area contributed by atoms with E-state index in [0.717, 1.165) is 25.7 Å². The Bertz CT molecular complexity index is 534. The summed E-state index contributed by atoms with van der Waals surface area (Å²) in [5, 5.41) is 9.13. The number of nitrogens with zero attached hydrogens (tertiary/aromatic N) is 1. The van der Waals surface area contributed by atoms with Crippen molar-refractivity contribution in [2.24, 2.45) is 0 Å². The van der Waals surface area contributed by atoms with E-state index in [0.29, 0.717) is 23.4 Å². The van der Waals surface area contributed by atoms with E-state index in [1.54, 1.807) is 0 Å². The Morgan fingerprint density at radius 2 is 2.05 bits per heavy atom. The second-order valence-electron chi connectivity index (χ2n) is 5.71. The predicted molar refractivity (Wildman–Crippen MR) is 74.5 cm³/mol. The molecule has 0 saturated carbocycles. The molecule has 0 aromatic carbocycles. The SMILES string of the molecule is CN1C2CCC1CC(Oc1cc(C(F)F)sc1C(=O)O)C2. The van der Waals surface area contributed by atoms with Gasteiger partial charge in [0.05, 0.1) is 4.88 Å². The lowest BCUT2D eigenvalue weighted by Gasteiger charge is -2.36. The number of rotatable bonds is 4. The molecule has 0 radical (unpaired) electrons. The van der Waals surface area contributed by atoms with Crippen LogP contribution >= 0.6 is 11.3 Å². The lowest BCUT2D eigenvalue weighted by molar-refractivity contribution is 0.0612. The van der Waals surface area contributed by atoms with Gasteiger partial charge in [0.2, 0.25) is 0 Å². The zero-order valence-corrected chi connectivity index (χ0v) is 12.4. The van der Waals surface area contributed by atoms with Crippen molar-refractivity contribution in [2.75, 3.05) is 7.05 Å². The molecule has 0 aliphatic carbocycles. The first-order valence-corrected chi connectivity index (χ1v) is 7.81. The van der Waals surface area contributed by atoms with Crippen LogP contribution in [-0.4, -0.2) is 41.2 Å². The molecule has 1 aromatic rings. The largest absolute Gasteiger partial charge is 0.488 e. The number of piperidine rings is 1. The van der Waals surface area contributed by atoms with Gasteiger partial charge in [0.25, 0.3) is 6.43 Å². The highest BCUT2D eigenvalue weighted by Gasteiger charge is 2.39. The van der Waals surface area contributed by atoms with Crippen molar-refractivity contribution < 1.29 is 23.4 Å². The Hall–Kier alpha value is -1.21. The summed E-state index contributed by atoms with van der Waals surface area (Å²) in [6, 6.07) is 2.09. The van der Waals surface area contributed by atoms with Crippen molar-refractivity contribution >= 4 is 17.3 Å². The predicted octanol–water partition coefficient (Wildman–Crippen LogP) is 3.39. The fraction of sp³-hybridized carbons (Fsp3) is 0.643. The van der Waals surface area contributed by atoms with Crippen molar-refractivity contribution in [3.8, 4) is 5.75 Å². The molecule has 3 heterocycles. The number of carboxylic acids is 1. The number of ether oxygens (including phenoxy) is 1. The highest BCUT2D eigenvalue weighted by molar-refractivity contribution is 7.14. The molecule has 4 nitrogen and oxygen atoms in total. The second-order valence-corrected chi connectivity index (χ2v) is 6.79. The molecule has 2 bridgehead atoms. The van der Waals surface area contributed by atoms with Crippen molar-refractivity contribution in [2.45, 2.75) is 50.3 Å². The van der Waals surface area contributed by atoms with Crippen LogP contribution in [0.15, 0.2) is 6.07 Å². The van der Waals surface area contributed by atoms with Gasteiger partial charge >= 0.3 is 5.97 Å². The Balaban J connectivity index is 1.77. The molecule has 116 valence electrons. The molecule has 21 heavy (non-hydrogen) atoms. The Morgan fingerprint density at radius 3 is 2.57 bits per heavy atom. The minimum Gasteiger partial charge on any atom is -0.488 e. The molecule has 0 amide bonds. The van der Waals surface area contributed by atoms with Crippen LogP contribution in [-0.2, 0) is 0 Å². The van der Waals surface area contributed by atoms with E-state index >= 15 is 0 Å². The fourth-order valence-corrected chi connectivity index (χ4v) is 4.16. The maximum absolute atomic E-state index is 12.7. The molecular weight excluding hydrogens is 300 g/mol. The van der Waals surface area contributed by atoms with Crippen LogP contribution in [0.3, 0.4) is 0 Å². The zero-order chi connectivity index (χ0) is 15.1. The molecule has 2 aliphatic heterocycles. The van der Waals surface area contributed by atoms with Gasteiger partial charge in [-0.1, -0.05) is 0 Å². The highest BCUT2D eigenvalue weighted by Crippen LogP contribution is 2.39. The topological polar surface area (TPSA) is 49.8 Å². The lowest BCUT2D eigenvalue weighted by Crippen LogP contribution is -2.43. The van der Waals surface area contributed by atoms with Crippen molar-refractivity contribution in [1.29, 1.82) is 0 Å². The molecule has 1 N–H and O–H groups in total. The molecular formula is C14H17F2NO3S. The van der Waals surface area contributed by atoms with E-state index in [2.05, 4.69) is 11.9 Å². The normalized spacial score (nSPS) is 29.0. The number of aromatic carboxylic acids is 1. The van der Waals surface area contributed by atoms with E-state index in [4.69, 9.17) is 9.84 Å². The Morgan fingerprint density at radius 1 is 1.43 bits per heavy atom. The Kier molecular flexibility index (Phi) is 3.88. The van der Waals surface area contributed by atoms with E-state index in [1.807, 2.05) is 0 Å². The van der Waals surface area contributed by atoms with Crippen LogP contribution in [0.25, 0.3) is 0 Å². The third-order valence-electron chi connectivity index (χ3n) is 4.47. The van der Waals surface area contributed by atoms with Gasteiger partial charge in [-0.25, -0.2) is 13.6 Å². The quantitative estimate of drug-likeness (QED) is 0.925. The first-order valence-electron chi connectivity index (χ1n) is 6.99. The summed E-state index contributed by atoms with van der Waals surface area (Å²) >= 11 is 0.597. The molecule has 2 saturated heterocycles. The fourth-order valence-electron chi connectivity index (χ4n) is 3.37. The van der Waals surface area contributed by atoms with Crippen LogP contribution in [0, 0.1) is 0 Å². The molecule has 1 aromatic heterocycles. The molecule has 3 rings (SSSR count). The number of hydrogen-bond donors (Lipinski definition) is 1.